The summed E-state index contributed by atoms with van der Waals surface area (Å²) in [5.74, 6) is -0.599. The maximum atomic E-state index is 12.7. The van der Waals surface area contributed by atoms with Gasteiger partial charge in [0.05, 0.1) is 6.61 Å². The van der Waals surface area contributed by atoms with E-state index in [0.29, 0.717) is 5.56 Å². The molecule has 0 radical (unpaired) electrons. The molecule has 0 amide bonds. The van der Waals surface area contributed by atoms with Gasteiger partial charge in [-0.25, -0.2) is 4.79 Å². The summed E-state index contributed by atoms with van der Waals surface area (Å²) < 4.78 is 3.77. The molecular formula is C18H19NO4S. The van der Waals surface area contributed by atoms with Crippen molar-refractivity contribution in [3.05, 3.63) is 75.8 Å². The number of thioether (sulfide) groups is 1. The number of carbonyl (C=O) groups is 1. The molecule has 0 aromatic heterocycles. The van der Waals surface area contributed by atoms with Gasteiger partial charge in [-0.05, 0) is 31.5 Å². The van der Waals surface area contributed by atoms with Crippen molar-refractivity contribution in [2.45, 2.75) is 23.5 Å². The lowest BCUT2D eigenvalue weighted by Crippen LogP contribution is -2.40. The van der Waals surface area contributed by atoms with Gasteiger partial charge in [-0.3, -0.25) is 10.1 Å². The standard InChI is InChI=1S/C18H19NO4S/c1-3-23-17(20)18(13-19(21)22,15-7-5-4-6-8-15)24-16-11-9-14(2)10-12-16/h4-12H,3,13H2,1-2H3/t18-/m1/s1. The second kappa shape index (κ2) is 7.97. The van der Waals surface area contributed by atoms with E-state index in [-0.39, 0.29) is 6.61 Å². The van der Waals surface area contributed by atoms with E-state index in [4.69, 9.17) is 4.74 Å². The molecule has 0 saturated heterocycles. The first kappa shape index (κ1) is 18.0. The van der Waals surface area contributed by atoms with E-state index in [9.17, 15) is 14.9 Å². The molecule has 0 bridgehead atoms. The number of rotatable bonds is 7. The van der Waals surface area contributed by atoms with E-state index in [0.717, 1.165) is 22.2 Å². The minimum atomic E-state index is -1.42. The number of ether oxygens (including phenoxy) is 1. The summed E-state index contributed by atoms with van der Waals surface area (Å²) in [5.41, 5.74) is 1.64. The fourth-order valence-electron chi connectivity index (χ4n) is 2.35. The summed E-state index contributed by atoms with van der Waals surface area (Å²) in [5, 5.41) is 11.3. The number of esters is 1. The van der Waals surface area contributed by atoms with Crippen LogP contribution in [0.1, 0.15) is 18.1 Å². The van der Waals surface area contributed by atoms with Crippen LogP contribution in [-0.4, -0.2) is 24.0 Å². The highest BCUT2D eigenvalue weighted by molar-refractivity contribution is 8.01. The van der Waals surface area contributed by atoms with E-state index in [1.807, 2.05) is 37.3 Å². The highest BCUT2D eigenvalue weighted by Gasteiger charge is 2.48. The minimum absolute atomic E-state index is 0.166. The Morgan fingerprint density at radius 2 is 1.79 bits per heavy atom. The monoisotopic (exact) mass is 345 g/mol. The third-order valence-corrected chi connectivity index (χ3v) is 4.90. The Kier molecular flexibility index (Phi) is 5.98. The number of hydrogen-bond donors (Lipinski definition) is 0. The van der Waals surface area contributed by atoms with E-state index in [1.54, 1.807) is 31.2 Å². The molecule has 24 heavy (non-hydrogen) atoms. The van der Waals surface area contributed by atoms with Crippen LogP contribution >= 0.6 is 11.8 Å². The molecule has 0 spiro atoms. The Morgan fingerprint density at radius 1 is 1.17 bits per heavy atom. The Hall–Kier alpha value is -2.34. The van der Waals surface area contributed by atoms with Gasteiger partial charge in [0.15, 0.2) is 0 Å². The summed E-state index contributed by atoms with van der Waals surface area (Å²) >= 11 is 1.16. The zero-order chi connectivity index (χ0) is 17.6. The van der Waals surface area contributed by atoms with Crippen molar-refractivity contribution < 1.29 is 14.5 Å². The van der Waals surface area contributed by atoms with E-state index in [2.05, 4.69) is 0 Å². The van der Waals surface area contributed by atoms with Crippen LogP contribution in [0.5, 0.6) is 0 Å². The summed E-state index contributed by atoms with van der Waals surface area (Å²) in [6, 6.07) is 16.3. The third kappa shape index (κ3) is 4.14. The first-order chi connectivity index (χ1) is 11.5. The molecule has 0 fully saturated rings. The molecule has 2 rings (SSSR count). The lowest BCUT2D eigenvalue weighted by Gasteiger charge is -2.27. The molecule has 0 unspecified atom stereocenters. The van der Waals surface area contributed by atoms with Gasteiger partial charge in [0.1, 0.15) is 0 Å². The van der Waals surface area contributed by atoms with Crippen LogP contribution in [0.3, 0.4) is 0 Å². The van der Waals surface area contributed by atoms with Crippen LogP contribution in [-0.2, 0) is 14.3 Å². The molecule has 5 nitrogen and oxygen atoms in total. The molecule has 0 aliphatic rings. The van der Waals surface area contributed by atoms with Crippen LogP contribution in [0, 0.1) is 17.0 Å². The Labute approximate surface area is 145 Å². The Balaban J connectivity index is 2.53. The predicted octanol–water partition coefficient (Wildman–Crippen LogP) is 3.82. The van der Waals surface area contributed by atoms with E-state index >= 15 is 0 Å². The Bertz CT molecular complexity index is 703. The molecule has 2 aromatic rings. The highest BCUT2D eigenvalue weighted by atomic mass is 32.2. The summed E-state index contributed by atoms with van der Waals surface area (Å²) in [6.45, 7) is 3.27. The van der Waals surface area contributed by atoms with Crippen LogP contribution in [0.2, 0.25) is 0 Å². The SMILES string of the molecule is CCOC(=O)[C@](C[N+](=O)[O-])(Sc1ccc(C)cc1)c1ccccc1. The lowest BCUT2D eigenvalue weighted by atomic mass is 9.98. The first-order valence-corrected chi connectivity index (χ1v) is 8.40. The van der Waals surface area contributed by atoms with Gasteiger partial charge >= 0.3 is 5.97 Å². The fraction of sp³-hybridized carbons (Fsp3) is 0.278. The van der Waals surface area contributed by atoms with Crippen molar-refractivity contribution in [1.29, 1.82) is 0 Å². The van der Waals surface area contributed by atoms with Crippen LogP contribution < -0.4 is 0 Å². The summed E-state index contributed by atoms with van der Waals surface area (Å²) in [7, 11) is 0. The molecule has 0 aliphatic carbocycles. The molecule has 6 heteroatoms. The van der Waals surface area contributed by atoms with Crippen molar-refractivity contribution in [2.24, 2.45) is 0 Å². The first-order valence-electron chi connectivity index (χ1n) is 7.58. The largest absolute Gasteiger partial charge is 0.464 e. The second-order valence-electron chi connectivity index (χ2n) is 5.32. The number of hydrogen-bond acceptors (Lipinski definition) is 5. The minimum Gasteiger partial charge on any atom is -0.464 e. The van der Waals surface area contributed by atoms with Gasteiger partial charge in [-0.15, -0.1) is 0 Å². The number of carbonyl (C=O) groups excluding carboxylic acids is 1. The number of nitro groups is 1. The quantitative estimate of drug-likeness (QED) is 0.330. The zero-order valence-corrected chi connectivity index (χ0v) is 14.4. The summed E-state index contributed by atoms with van der Waals surface area (Å²) in [4.78, 5) is 24.4. The molecule has 126 valence electrons. The van der Waals surface area contributed by atoms with E-state index < -0.39 is 22.2 Å². The van der Waals surface area contributed by atoms with E-state index in [1.165, 1.54) is 0 Å². The third-order valence-electron chi connectivity index (χ3n) is 3.51. The second-order valence-corrected chi connectivity index (χ2v) is 6.69. The molecule has 2 aromatic carbocycles. The van der Waals surface area contributed by atoms with Gasteiger partial charge in [0.2, 0.25) is 11.3 Å². The van der Waals surface area contributed by atoms with Crippen LogP contribution in [0.25, 0.3) is 0 Å². The van der Waals surface area contributed by atoms with Crippen molar-refractivity contribution in [1.82, 2.24) is 0 Å². The lowest BCUT2D eigenvalue weighted by molar-refractivity contribution is -0.484. The number of aryl methyl sites for hydroxylation is 1. The number of benzene rings is 2. The Morgan fingerprint density at radius 3 is 2.33 bits per heavy atom. The van der Waals surface area contributed by atoms with Gasteiger partial charge in [-0.2, -0.15) is 0 Å². The topological polar surface area (TPSA) is 69.4 Å². The predicted molar refractivity (Wildman–Crippen MR) is 93.7 cm³/mol. The van der Waals surface area contributed by atoms with Crippen molar-refractivity contribution in [3.63, 3.8) is 0 Å². The molecule has 0 aliphatic heterocycles. The van der Waals surface area contributed by atoms with Crippen molar-refractivity contribution >= 4 is 17.7 Å². The normalized spacial score (nSPS) is 13.1. The molecule has 0 heterocycles. The molecule has 1 atom stereocenters. The zero-order valence-electron chi connectivity index (χ0n) is 13.6. The van der Waals surface area contributed by atoms with Crippen molar-refractivity contribution in [3.8, 4) is 0 Å². The maximum Gasteiger partial charge on any atom is 0.334 e. The van der Waals surface area contributed by atoms with Gasteiger partial charge in [-0.1, -0.05) is 59.8 Å². The van der Waals surface area contributed by atoms with Crippen molar-refractivity contribution in [2.75, 3.05) is 13.2 Å². The average Bonchev–Trinajstić information content (AvgIpc) is 2.57. The smallest absolute Gasteiger partial charge is 0.334 e. The van der Waals surface area contributed by atoms with Gasteiger partial charge in [0, 0.05) is 9.82 Å². The maximum absolute atomic E-state index is 12.7. The summed E-state index contributed by atoms with van der Waals surface area (Å²) in [6.07, 6.45) is 0. The highest BCUT2D eigenvalue weighted by Crippen LogP contribution is 2.43. The number of nitrogens with zero attached hydrogens (tertiary/aromatic N) is 1. The molecule has 0 saturated carbocycles. The van der Waals surface area contributed by atoms with Gasteiger partial charge in [0.25, 0.3) is 0 Å². The average molecular weight is 345 g/mol. The molecule has 0 N–H and O–H groups in total. The fourth-order valence-corrected chi connectivity index (χ4v) is 3.59. The van der Waals surface area contributed by atoms with Crippen LogP contribution in [0.4, 0.5) is 0 Å². The molecular weight excluding hydrogens is 326 g/mol. The van der Waals surface area contributed by atoms with Gasteiger partial charge < -0.3 is 4.74 Å². The van der Waals surface area contributed by atoms with Crippen LogP contribution in [0.15, 0.2) is 59.5 Å².